The summed E-state index contributed by atoms with van der Waals surface area (Å²) in [7, 11) is 1.57. The molecule has 0 heterocycles. The van der Waals surface area contributed by atoms with Gasteiger partial charge in [0.2, 0.25) is 0 Å². The van der Waals surface area contributed by atoms with Crippen molar-refractivity contribution in [1.82, 2.24) is 5.43 Å². The Kier molecular flexibility index (Phi) is 9.11. The zero-order valence-corrected chi connectivity index (χ0v) is 23.2. The fourth-order valence-electron chi connectivity index (χ4n) is 2.73. The van der Waals surface area contributed by atoms with Gasteiger partial charge in [0.25, 0.3) is 5.91 Å². The van der Waals surface area contributed by atoms with Crippen molar-refractivity contribution in [2.24, 2.45) is 5.10 Å². The molecule has 0 saturated carbocycles. The molecule has 1 amide bonds. The van der Waals surface area contributed by atoms with Crippen molar-refractivity contribution in [3.05, 3.63) is 87.6 Å². The van der Waals surface area contributed by atoms with E-state index in [2.05, 4.69) is 84.4 Å². The Morgan fingerprint density at radius 3 is 2.50 bits per heavy atom. The monoisotopic (exact) mass is 763 g/mol. The zero-order valence-electron chi connectivity index (χ0n) is 16.7. The lowest BCUT2D eigenvalue weighted by atomic mass is 10.1. The molecule has 3 aromatic rings. The fourth-order valence-corrected chi connectivity index (χ4v) is 5.41. The molecule has 3 aromatic carbocycles. The number of amides is 1. The summed E-state index contributed by atoms with van der Waals surface area (Å²) < 4.78 is 14.0. The maximum Gasteiger partial charge on any atom is 0.271 e. The molecule has 0 aliphatic carbocycles. The molecule has 0 aromatic heterocycles. The maximum absolute atomic E-state index is 12.3. The fraction of sp³-hybridized carbons (Fsp3) is 0.0870. The van der Waals surface area contributed by atoms with Crippen LogP contribution in [0.2, 0.25) is 0 Å². The Hall–Kier alpha value is -1.92. The van der Waals surface area contributed by atoms with Gasteiger partial charge in [0.05, 0.1) is 35.7 Å². The number of nitriles is 1. The van der Waals surface area contributed by atoms with Crippen LogP contribution in [0.25, 0.3) is 0 Å². The minimum atomic E-state index is -0.323. The van der Waals surface area contributed by atoms with Gasteiger partial charge >= 0.3 is 0 Å². The topological polar surface area (TPSA) is 83.7 Å². The lowest BCUT2D eigenvalue weighted by molar-refractivity contribution is 0.0954. The van der Waals surface area contributed by atoms with E-state index in [-0.39, 0.29) is 5.91 Å². The van der Waals surface area contributed by atoms with E-state index in [1.807, 2.05) is 36.4 Å². The van der Waals surface area contributed by atoms with Gasteiger partial charge in [-0.3, -0.25) is 4.79 Å². The van der Waals surface area contributed by atoms with Crippen LogP contribution in [-0.2, 0) is 6.61 Å². The number of ether oxygens (including phenoxy) is 2. The van der Waals surface area contributed by atoms with Gasteiger partial charge in [0.15, 0.2) is 0 Å². The largest absolute Gasteiger partial charge is 0.496 e. The zero-order chi connectivity index (χ0) is 23.1. The molecule has 0 unspecified atom stereocenters. The first kappa shape index (κ1) is 24.7. The molecule has 1 N–H and O–H groups in total. The maximum atomic E-state index is 12.3. The second kappa shape index (κ2) is 11.8. The van der Waals surface area contributed by atoms with E-state index in [9.17, 15) is 10.1 Å². The van der Waals surface area contributed by atoms with Gasteiger partial charge in [-0.25, -0.2) is 5.43 Å². The van der Waals surface area contributed by atoms with Gasteiger partial charge in [-0.15, -0.1) is 0 Å². The standard InChI is InChI=1S/C23H16I3N3O3/c1-31-21-10-15(6-7-18(21)24)23(30)29-28-12-14-8-19(25)22(20(26)9-14)32-13-17-5-3-2-4-16(17)11-27/h2-10,12H,13H2,1H3,(H,29,30)/b28-12-. The number of nitrogens with one attached hydrogen (secondary N) is 1. The first-order valence-electron chi connectivity index (χ1n) is 9.19. The lowest BCUT2D eigenvalue weighted by Crippen LogP contribution is -2.17. The third-order valence-electron chi connectivity index (χ3n) is 4.32. The lowest BCUT2D eigenvalue weighted by Gasteiger charge is -2.12. The van der Waals surface area contributed by atoms with Crippen LogP contribution in [0.1, 0.15) is 27.0 Å². The molecule has 0 fully saturated rings. The molecule has 32 heavy (non-hydrogen) atoms. The average Bonchev–Trinajstić information content (AvgIpc) is 2.79. The highest BCUT2D eigenvalue weighted by molar-refractivity contribution is 14.1. The smallest absolute Gasteiger partial charge is 0.271 e. The van der Waals surface area contributed by atoms with E-state index in [0.29, 0.717) is 23.5 Å². The molecular formula is C23H16I3N3O3. The average molecular weight is 763 g/mol. The number of rotatable bonds is 7. The van der Waals surface area contributed by atoms with Crippen LogP contribution in [-0.4, -0.2) is 19.2 Å². The van der Waals surface area contributed by atoms with Gasteiger partial charge in [-0.05, 0) is 110 Å². The van der Waals surface area contributed by atoms with Crippen LogP contribution < -0.4 is 14.9 Å². The summed E-state index contributed by atoms with van der Waals surface area (Å²) in [6.07, 6.45) is 1.58. The number of carbonyl (C=O) groups excluding carboxylic acids is 1. The van der Waals surface area contributed by atoms with Gasteiger partial charge in [0.1, 0.15) is 18.1 Å². The van der Waals surface area contributed by atoms with Crippen LogP contribution >= 0.6 is 67.8 Å². The quantitative estimate of drug-likeness (QED) is 0.190. The van der Waals surface area contributed by atoms with Crippen molar-refractivity contribution in [3.63, 3.8) is 0 Å². The van der Waals surface area contributed by atoms with E-state index in [4.69, 9.17) is 9.47 Å². The molecule has 3 rings (SSSR count). The summed E-state index contributed by atoms with van der Waals surface area (Å²) in [5.74, 6) is 1.06. The minimum Gasteiger partial charge on any atom is -0.496 e. The Morgan fingerprint density at radius 1 is 1.09 bits per heavy atom. The van der Waals surface area contributed by atoms with Crippen LogP contribution in [0, 0.1) is 22.0 Å². The van der Waals surface area contributed by atoms with Gasteiger partial charge in [0, 0.05) is 11.1 Å². The van der Waals surface area contributed by atoms with Crippen molar-refractivity contribution < 1.29 is 14.3 Å². The highest BCUT2D eigenvalue weighted by Crippen LogP contribution is 2.29. The summed E-state index contributed by atoms with van der Waals surface area (Å²) in [6.45, 7) is 0.304. The Morgan fingerprint density at radius 2 is 1.81 bits per heavy atom. The van der Waals surface area contributed by atoms with Crippen LogP contribution in [0.3, 0.4) is 0 Å². The van der Waals surface area contributed by atoms with E-state index >= 15 is 0 Å². The van der Waals surface area contributed by atoms with Crippen LogP contribution in [0.5, 0.6) is 11.5 Å². The molecule has 6 nitrogen and oxygen atoms in total. The molecule has 0 atom stereocenters. The van der Waals surface area contributed by atoms with E-state index in [0.717, 1.165) is 27.6 Å². The SMILES string of the molecule is COc1cc(C(=O)N/N=C\c2cc(I)c(OCc3ccccc3C#N)c(I)c2)ccc1I. The predicted molar refractivity (Wildman–Crippen MR) is 148 cm³/mol. The van der Waals surface area contributed by atoms with Crippen molar-refractivity contribution in [1.29, 1.82) is 5.26 Å². The Bertz CT molecular complexity index is 1200. The normalized spacial score (nSPS) is 10.6. The number of halogens is 3. The number of nitrogens with zero attached hydrogens (tertiary/aromatic N) is 2. The first-order valence-corrected chi connectivity index (χ1v) is 12.4. The minimum absolute atomic E-state index is 0.304. The van der Waals surface area contributed by atoms with Crippen LogP contribution in [0.15, 0.2) is 59.7 Å². The number of hydrogen-bond acceptors (Lipinski definition) is 5. The third-order valence-corrected chi connectivity index (χ3v) is 6.82. The first-order chi connectivity index (χ1) is 15.4. The number of carbonyl (C=O) groups is 1. The molecule has 0 bridgehead atoms. The van der Waals surface area contributed by atoms with Crippen molar-refractivity contribution >= 4 is 79.9 Å². The molecule has 0 radical (unpaired) electrons. The van der Waals surface area contributed by atoms with Crippen molar-refractivity contribution in [2.75, 3.05) is 7.11 Å². The number of hydrogen-bond donors (Lipinski definition) is 1. The molecule has 9 heteroatoms. The van der Waals surface area contributed by atoms with Crippen molar-refractivity contribution in [3.8, 4) is 17.6 Å². The van der Waals surface area contributed by atoms with E-state index in [1.54, 1.807) is 31.5 Å². The summed E-state index contributed by atoms with van der Waals surface area (Å²) in [5, 5.41) is 13.3. The number of hydrazone groups is 1. The Labute approximate surface area is 226 Å². The van der Waals surface area contributed by atoms with Gasteiger partial charge < -0.3 is 9.47 Å². The van der Waals surface area contributed by atoms with Crippen LogP contribution in [0.4, 0.5) is 0 Å². The number of benzene rings is 3. The summed E-state index contributed by atoms with van der Waals surface area (Å²) in [5.41, 5.74) is 5.26. The van der Waals surface area contributed by atoms with E-state index in [1.165, 1.54) is 0 Å². The van der Waals surface area contributed by atoms with E-state index < -0.39 is 0 Å². The predicted octanol–water partition coefficient (Wildman–Crippen LogP) is 5.72. The molecule has 162 valence electrons. The highest BCUT2D eigenvalue weighted by atomic mass is 127. The highest BCUT2D eigenvalue weighted by Gasteiger charge is 2.11. The summed E-state index contributed by atoms with van der Waals surface area (Å²) >= 11 is 6.54. The van der Waals surface area contributed by atoms with Gasteiger partial charge in [-0.2, -0.15) is 10.4 Å². The second-order valence-electron chi connectivity index (χ2n) is 6.42. The van der Waals surface area contributed by atoms with Gasteiger partial charge in [-0.1, -0.05) is 18.2 Å². The Balaban J connectivity index is 1.67. The molecule has 0 aliphatic heterocycles. The molecule has 0 saturated heterocycles. The molecule has 0 spiro atoms. The second-order valence-corrected chi connectivity index (χ2v) is 9.91. The number of methoxy groups -OCH3 is 1. The summed E-state index contributed by atoms with van der Waals surface area (Å²) in [4.78, 5) is 12.3. The summed E-state index contributed by atoms with van der Waals surface area (Å²) in [6, 6.07) is 18.6. The van der Waals surface area contributed by atoms with Crippen molar-refractivity contribution in [2.45, 2.75) is 6.61 Å². The molecule has 0 aliphatic rings. The third kappa shape index (κ3) is 6.32. The molecular weight excluding hydrogens is 747 g/mol.